The van der Waals surface area contributed by atoms with Gasteiger partial charge in [-0.15, -0.1) is 0 Å². The third-order valence-corrected chi connectivity index (χ3v) is 6.10. The lowest BCUT2D eigenvalue weighted by Crippen LogP contribution is -2.60. The van der Waals surface area contributed by atoms with Gasteiger partial charge in [-0.05, 0) is 58.5 Å². The molecule has 2 fully saturated rings. The normalized spacial score (nSPS) is 23.8. The van der Waals surface area contributed by atoms with Gasteiger partial charge in [0.25, 0.3) is 0 Å². The summed E-state index contributed by atoms with van der Waals surface area (Å²) in [7, 11) is 1.98. The van der Waals surface area contributed by atoms with Crippen LogP contribution >= 0.6 is 0 Å². The molecule has 0 aliphatic carbocycles. The van der Waals surface area contributed by atoms with Gasteiger partial charge >= 0.3 is 0 Å². The maximum atomic E-state index is 12.7. The zero-order chi connectivity index (χ0) is 18.2. The van der Waals surface area contributed by atoms with E-state index < -0.39 is 0 Å². The molecule has 25 heavy (non-hydrogen) atoms. The van der Waals surface area contributed by atoms with Gasteiger partial charge in [0.05, 0.1) is 18.2 Å². The van der Waals surface area contributed by atoms with Crippen LogP contribution in [0, 0.1) is 19.3 Å². The summed E-state index contributed by atoms with van der Waals surface area (Å²) in [6.45, 7) is 5.96. The number of carbonyl (C=O) groups is 2. The third kappa shape index (κ3) is 3.29. The number of likely N-dealkylation sites (tertiary alicyclic amines) is 2. The number of amides is 2. The smallest absolute Gasteiger partial charge is 0.235 e. The second kappa shape index (κ2) is 6.78. The number of piperidine rings is 2. The van der Waals surface area contributed by atoms with Crippen molar-refractivity contribution in [3.63, 3.8) is 0 Å². The molecular weight excluding hydrogens is 320 g/mol. The number of aryl methyl sites for hydroxylation is 2. The minimum atomic E-state index is -0.238. The predicted molar refractivity (Wildman–Crippen MR) is 92.8 cm³/mol. The first-order chi connectivity index (χ1) is 11.8. The summed E-state index contributed by atoms with van der Waals surface area (Å²) >= 11 is 0. The van der Waals surface area contributed by atoms with Gasteiger partial charge in [-0.3, -0.25) is 14.5 Å². The summed E-state index contributed by atoms with van der Waals surface area (Å²) in [6, 6.07) is -0.221. The zero-order valence-electron chi connectivity index (χ0n) is 15.4. The van der Waals surface area contributed by atoms with E-state index in [4.69, 9.17) is 10.3 Å². The Morgan fingerprint density at radius 3 is 2.48 bits per heavy atom. The van der Waals surface area contributed by atoms with E-state index >= 15 is 0 Å². The molecule has 1 atom stereocenters. The summed E-state index contributed by atoms with van der Waals surface area (Å²) in [5, 5.41) is 3.92. The molecule has 0 bridgehead atoms. The Bertz CT molecular complexity index is 642. The molecule has 1 spiro atoms. The van der Waals surface area contributed by atoms with Crippen LogP contribution in [0.4, 0.5) is 0 Å². The van der Waals surface area contributed by atoms with Crippen LogP contribution in [-0.4, -0.2) is 59.5 Å². The number of likely N-dealkylation sites (N-methyl/N-ethyl adjacent to an activating group) is 1. The fourth-order valence-corrected chi connectivity index (χ4v) is 4.68. The quantitative estimate of drug-likeness (QED) is 0.880. The molecule has 1 aromatic rings. The Hall–Kier alpha value is -1.89. The van der Waals surface area contributed by atoms with Crippen molar-refractivity contribution in [1.29, 1.82) is 0 Å². The first kappa shape index (κ1) is 17.9. The van der Waals surface area contributed by atoms with Gasteiger partial charge in [-0.25, -0.2) is 0 Å². The second-order valence-electron chi connectivity index (χ2n) is 7.61. The summed E-state index contributed by atoms with van der Waals surface area (Å²) in [4.78, 5) is 28.7. The Balaban J connectivity index is 1.66. The second-order valence-corrected chi connectivity index (χ2v) is 7.61. The highest BCUT2D eigenvalue weighted by Gasteiger charge is 2.48. The van der Waals surface area contributed by atoms with Crippen molar-refractivity contribution in [3.05, 3.63) is 17.0 Å². The molecule has 7 nitrogen and oxygen atoms in total. The van der Waals surface area contributed by atoms with Gasteiger partial charge in [0, 0.05) is 18.7 Å². The molecule has 7 heteroatoms. The van der Waals surface area contributed by atoms with Crippen molar-refractivity contribution in [1.82, 2.24) is 15.0 Å². The standard InChI is InChI=1S/C18H28N4O3/c1-12-14(13(2)25-20-12)11-15(23)22-9-6-18(7-10-22)5-4-8-21(3)16(18)17(19)24/h16H,4-11H2,1-3H3,(H2,19,24). The molecule has 1 unspecified atom stereocenters. The van der Waals surface area contributed by atoms with Gasteiger partial charge in [0.15, 0.2) is 0 Å². The van der Waals surface area contributed by atoms with E-state index in [1.165, 1.54) is 0 Å². The zero-order valence-corrected chi connectivity index (χ0v) is 15.4. The minimum absolute atomic E-state index is 0.0847. The summed E-state index contributed by atoms with van der Waals surface area (Å²) in [5.41, 5.74) is 7.28. The van der Waals surface area contributed by atoms with E-state index in [0.717, 1.165) is 43.5 Å². The van der Waals surface area contributed by atoms with Gasteiger partial charge in [-0.2, -0.15) is 0 Å². The van der Waals surface area contributed by atoms with Gasteiger partial charge < -0.3 is 15.2 Å². The van der Waals surface area contributed by atoms with Crippen LogP contribution in [0.2, 0.25) is 0 Å². The maximum absolute atomic E-state index is 12.7. The van der Waals surface area contributed by atoms with Crippen LogP contribution in [0.1, 0.15) is 42.7 Å². The van der Waals surface area contributed by atoms with Crippen molar-refractivity contribution < 1.29 is 14.1 Å². The van der Waals surface area contributed by atoms with Crippen LogP contribution < -0.4 is 5.73 Å². The average molecular weight is 348 g/mol. The lowest BCUT2D eigenvalue weighted by atomic mass is 9.66. The van der Waals surface area contributed by atoms with Crippen molar-refractivity contribution in [2.45, 2.75) is 52.0 Å². The molecule has 2 amide bonds. The van der Waals surface area contributed by atoms with E-state index in [1.54, 1.807) is 0 Å². The molecule has 0 aromatic carbocycles. The van der Waals surface area contributed by atoms with Crippen LogP contribution in [0.3, 0.4) is 0 Å². The van der Waals surface area contributed by atoms with Crippen molar-refractivity contribution in [2.75, 3.05) is 26.7 Å². The van der Waals surface area contributed by atoms with Crippen LogP contribution in [0.25, 0.3) is 0 Å². The van der Waals surface area contributed by atoms with Crippen LogP contribution in [0.5, 0.6) is 0 Å². The minimum Gasteiger partial charge on any atom is -0.368 e. The number of hydrogen-bond acceptors (Lipinski definition) is 5. The highest BCUT2D eigenvalue weighted by Crippen LogP contribution is 2.44. The van der Waals surface area contributed by atoms with Gasteiger partial charge in [-0.1, -0.05) is 5.16 Å². The Labute approximate surface area is 148 Å². The molecule has 2 aliphatic rings. The summed E-state index contributed by atoms with van der Waals surface area (Å²) in [6.07, 6.45) is 4.08. The van der Waals surface area contributed by atoms with Crippen molar-refractivity contribution >= 4 is 11.8 Å². The molecule has 2 N–H and O–H groups in total. The first-order valence-electron chi connectivity index (χ1n) is 9.03. The number of rotatable bonds is 3. The lowest BCUT2D eigenvalue weighted by molar-refractivity contribution is -0.138. The number of primary amides is 1. The number of aromatic nitrogens is 1. The molecule has 3 heterocycles. The molecule has 2 saturated heterocycles. The molecule has 138 valence electrons. The number of nitrogens with zero attached hydrogens (tertiary/aromatic N) is 3. The summed E-state index contributed by atoms with van der Waals surface area (Å²) < 4.78 is 5.15. The number of hydrogen-bond donors (Lipinski definition) is 1. The fourth-order valence-electron chi connectivity index (χ4n) is 4.68. The van der Waals surface area contributed by atoms with Gasteiger partial charge in [0.1, 0.15) is 5.76 Å². The largest absolute Gasteiger partial charge is 0.368 e. The Kier molecular flexibility index (Phi) is 4.86. The van der Waals surface area contributed by atoms with E-state index in [2.05, 4.69) is 10.1 Å². The SMILES string of the molecule is Cc1noc(C)c1CC(=O)N1CCC2(CCCN(C)C2C(N)=O)CC1. The van der Waals surface area contributed by atoms with Crippen molar-refractivity contribution in [3.8, 4) is 0 Å². The Morgan fingerprint density at radius 1 is 1.24 bits per heavy atom. The van der Waals surface area contributed by atoms with E-state index in [9.17, 15) is 9.59 Å². The summed E-state index contributed by atoms with van der Waals surface area (Å²) in [5.74, 6) is 0.573. The molecule has 3 rings (SSSR count). The van der Waals surface area contributed by atoms with Crippen molar-refractivity contribution in [2.24, 2.45) is 11.1 Å². The van der Waals surface area contributed by atoms with Gasteiger partial charge in [0.2, 0.25) is 11.8 Å². The Morgan fingerprint density at radius 2 is 1.92 bits per heavy atom. The van der Waals surface area contributed by atoms with Crippen LogP contribution in [0.15, 0.2) is 4.52 Å². The molecule has 0 saturated carbocycles. The number of carbonyl (C=O) groups excluding carboxylic acids is 2. The predicted octanol–water partition coefficient (Wildman–Crippen LogP) is 1.02. The fraction of sp³-hybridized carbons (Fsp3) is 0.722. The monoisotopic (exact) mass is 348 g/mol. The molecule has 0 radical (unpaired) electrons. The molecule has 2 aliphatic heterocycles. The lowest BCUT2D eigenvalue weighted by Gasteiger charge is -2.51. The highest BCUT2D eigenvalue weighted by atomic mass is 16.5. The van der Waals surface area contributed by atoms with E-state index in [-0.39, 0.29) is 23.3 Å². The topological polar surface area (TPSA) is 92.7 Å². The van der Waals surface area contributed by atoms with E-state index in [1.807, 2.05) is 25.8 Å². The average Bonchev–Trinajstić information content (AvgIpc) is 2.87. The third-order valence-electron chi connectivity index (χ3n) is 6.10. The number of nitrogens with two attached hydrogens (primary N) is 1. The first-order valence-corrected chi connectivity index (χ1v) is 9.03. The van der Waals surface area contributed by atoms with E-state index in [0.29, 0.717) is 25.3 Å². The maximum Gasteiger partial charge on any atom is 0.235 e. The molecular formula is C18H28N4O3. The highest BCUT2D eigenvalue weighted by molar-refractivity contribution is 5.81. The van der Waals surface area contributed by atoms with Crippen LogP contribution in [-0.2, 0) is 16.0 Å². The molecule has 1 aromatic heterocycles.